The van der Waals surface area contributed by atoms with E-state index in [0.717, 1.165) is 11.5 Å². The third-order valence-electron chi connectivity index (χ3n) is 4.90. The van der Waals surface area contributed by atoms with Crippen LogP contribution in [0, 0.1) is 11.8 Å². The average molecular weight is 346 g/mol. The lowest BCUT2D eigenvalue weighted by atomic mass is 9.66. The van der Waals surface area contributed by atoms with Crippen LogP contribution in [0.1, 0.15) is 19.8 Å². The Morgan fingerprint density at radius 3 is 2.58 bits per heavy atom. The molecule has 24 heavy (non-hydrogen) atoms. The third-order valence-corrected chi connectivity index (χ3v) is 4.90. The Morgan fingerprint density at radius 2 is 2.00 bits per heavy atom. The summed E-state index contributed by atoms with van der Waals surface area (Å²) in [6, 6.07) is 0. The van der Waals surface area contributed by atoms with Crippen LogP contribution in [0.2, 0.25) is 0 Å². The molecule has 0 saturated heterocycles. The van der Waals surface area contributed by atoms with Crippen molar-refractivity contribution in [2.24, 2.45) is 18.9 Å². The van der Waals surface area contributed by atoms with Gasteiger partial charge in [-0.1, -0.05) is 0 Å². The molecular formula is C14H17F3N4O3. The fourth-order valence-corrected chi connectivity index (χ4v) is 3.16. The van der Waals surface area contributed by atoms with Crippen LogP contribution < -0.4 is 11.2 Å². The van der Waals surface area contributed by atoms with Crippen LogP contribution in [0.4, 0.5) is 13.2 Å². The summed E-state index contributed by atoms with van der Waals surface area (Å²) in [6.45, 7) is 0.772. The van der Waals surface area contributed by atoms with Crippen molar-refractivity contribution in [3.63, 3.8) is 0 Å². The molecule has 2 N–H and O–H groups in total. The summed E-state index contributed by atoms with van der Waals surface area (Å²) in [6.07, 6.45) is -3.11. The maximum absolute atomic E-state index is 12.8. The molecule has 2 heterocycles. The van der Waals surface area contributed by atoms with Crippen LogP contribution in [-0.2, 0) is 13.6 Å². The second kappa shape index (κ2) is 5.20. The SMILES string of the molecule is Cn1cnc2[nH]c(=O)n(C[C@H]3C[C@H](C(C)(O)C(F)(F)F)C3)c(=O)c21. The molecular weight excluding hydrogens is 329 g/mol. The van der Waals surface area contributed by atoms with Crippen molar-refractivity contribution in [3.8, 4) is 0 Å². The molecule has 2 aromatic heterocycles. The number of nitrogens with one attached hydrogen (secondary N) is 1. The molecule has 1 atom stereocenters. The molecule has 0 aliphatic heterocycles. The largest absolute Gasteiger partial charge is 0.417 e. The zero-order valence-corrected chi connectivity index (χ0v) is 13.1. The number of hydrogen-bond acceptors (Lipinski definition) is 4. The quantitative estimate of drug-likeness (QED) is 0.858. The standard InChI is InChI=1S/C14H17F3N4O3/c1-13(24,14(15,16)17)8-3-7(4-8)5-21-11(22)9-10(19-12(21)23)18-6-20(9)2/h6-8,24H,3-5H2,1-2H3,(H,19,23)/t7-,8-,13?. The van der Waals surface area contributed by atoms with Gasteiger partial charge in [-0.15, -0.1) is 0 Å². The van der Waals surface area contributed by atoms with Gasteiger partial charge in [0.25, 0.3) is 5.56 Å². The van der Waals surface area contributed by atoms with Crippen LogP contribution >= 0.6 is 0 Å². The number of imidazole rings is 1. The highest BCUT2D eigenvalue weighted by molar-refractivity contribution is 5.68. The fraction of sp³-hybridized carbons (Fsp3) is 0.643. The van der Waals surface area contributed by atoms with Gasteiger partial charge in [-0.3, -0.25) is 14.3 Å². The van der Waals surface area contributed by atoms with Crippen molar-refractivity contribution in [2.45, 2.75) is 38.1 Å². The zero-order valence-electron chi connectivity index (χ0n) is 13.1. The molecule has 1 aliphatic rings. The molecule has 0 bridgehead atoms. The highest BCUT2D eigenvalue weighted by atomic mass is 19.4. The Morgan fingerprint density at radius 1 is 1.38 bits per heavy atom. The van der Waals surface area contributed by atoms with E-state index in [0.29, 0.717) is 0 Å². The van der Waals surface area contributed by atoms with E-state index in [1.165, 1.54) is 10.9 Å². The van der Waals surface area contributed by atoms with E-state index in [1.54, 1.807) is 7.05 Å². The molecule has 1 aliphatic carbocycles. The highest BCUT2D eigenvalue weighted by Gasteiger charge is 2.57. The first kappa shape index (κ1) is 16.7. The first-order valence-electron chi connectivity index (χ1n) is 7.45. The maximum Gasteiger partial charge on any atom is 0.417 e. The number of hydrogen-bond donors (Lipinski definition) is 2. The number of aliphatic hydroxyl groups is 1. The first-order chi connectivity index (χ1) is 11.0. The predicted octanol–water partition coefficient (Wildman–Crippen LogP) is 0.763. The number of halogens is 3. The van der Waals surface area contributed by atoms with E-state index in [-0.39, 0.29) is 36.5 Å². The Bertz CT molecular complexity index is 887. The van der Waals surface area contributed by atoms with Crippen molar-refractivity contribution >= 4 is 11.2 Å². The molecule has 10 heteroatoms. The third kappa shape index (κ3) is 2.45. The van der Waals surface area contributed by atoms with Crippen molar-refractivity contribution in [2.75, 3.05) is 0 Å². The first-order valence-corrected chi connectivity index (χ1v) is 7.45. The average Bonchev–Trinajstić information content (AvgIpc) is 2.76. The molecule has 1 unspecified atom stereocenters. The molecule has 0 spiro atoms. The van der Waals surface area contributed by atoms with Crippen LogP contribution in [0.5, 0.6) is 0 Å². The van der Waals surface area contributed by atoms with Crippen molar-refractivity contribution in [3.05, 3.63) is 27.2 Å². The summed E-state index contributed by atoms with van der Waals surface area (Å²) >= 11 is 0. The predicted molar refractivity (Wildman–Crippen MR) is 78.5 cm³/mol. The van der Waals surface area contributed by atoms with Crippen molar-refractivity contribution in [1.82, 2.24) is 19.1 Å². The van der Waals surface area contributed by atoms with Crippen LogP contribution in [0.15, 0.2) is 15.9 Å². The number of rotatable bonds is 3. The van der Waals surface area contributed by atoms with E-state index in [2.05, 4.69) is 9.97 Å². The van der Waals surface area contributed by atoms with Gasteiger partial charge >= 0.3 is 11.9 Å². The van der Waals surface area contributed by atoms with E-state index < -0.39 is 28.9 Å². The second-order valence-electron chi connectivity index (χ2n) is 6.58. The summed E-state index contributed by atoms with van der Waals surface area (Å²) in [5, 5.41) is 9.64. The molecule has 0 amide bonds. The van der Waals surface area contributed by atoms with Crippen molar-refractivity contribution < 1.29 is 18.3 Å². The number of fused-ring (bicyclic) bond motifs is 1. The van der Waals surface area contributed by atoms with Gasteiger partial charge in [0, 0.05) is 13.6 Å². The number of nitrogens with zero attached hydrogens (tertiary/aromatic N) is 3. The summed E-state index contributed by atoms with van der Waals surface area (Å²) in [5.41, 5.74) is -3.52. The number of alkyl halides is 3. The molecule has 2 aromatic rings. The number of H-pyrrole nitrogens is 1. The van der Waals surface area contributed by atoms with Gasteiger partial charge in [-0.05, 0) is 31.6 Å². The van der Waals surface area contributed by atoms with E-state index in [4.69, 9.17) is 0 Å². The Balaban J connectivity index is 1.80. The Kier molecular flexibility index (Phi) is 3.63. The number of aromatic nitrogens is 4. The Labute approximate surface area is 133 Å². The van der Waals surface area contributed by atoms with E-state index >= 15 is 0 Å². The number of aromatic amines is 1. The van der Waals surface area contributed by atoms with Gasteiger partial charge in [-0.2, -0.15) is 13.2 Å². The zero-order chi connectivity index (χ0) is 17.9. The summed E-state index contributed by atoms with van der Waals surface area (Å²) in [4.78, 5) is 30.8. The Hall–Kier alpha value is -2.10. The fourth-order valence-electron chi connectivity index (χ4n) is 3.16. The second-order valence-corrected chi connectivity index (χ2v) is 6.58. The highest BCUT2D eigenvalue weighted by Crippen LogP contribution is 2.48. The normalized spacial score (nSPS) is 23.9. The minimum Gasteiger partial charge on any atom is -0.380 e. The van der Waals surface area contributed by atoms with Crippen LogP contribution in [0.25, 0.3) is 11.2 Å². The molecule has 1 saturated carbocycles. The summed E-state index contributed by atoms with van der Waals surface area (Å²) in [5.74, 6) is -1.20. The molecule has 3 rings (SSSR count). The minimum absolute atomic E-state index is 0.0136. The van der Waals surface area contributed by atoms with Crippen molar-refractivity contribution in [1.29, 1.82) is 0 Å². The lowest BCUT2D eigenvalue weighted by Crippen LogP contribution is -2.54. The smallest absolute Gasteiger partial charge is 0.380 e. The molecule has 0 radical (unpaired) electrons. The molecule has 7 nitrogen and oxygen atoms in total. The van der Waals surface area contributed by atoms with Crippen LogP contribution in [-0.4, -0.2) is 36.0 Å². The van der Waals surface area contributed by atoms with Gasteiger partial charge in [-0.25, -0.2) is 9.78 Å². The lowest BCUT2D eigenvalue weighted by molar-refractivity contribution is -0.284. The number of aryl methyl sites for hydroxylation is 1. The van der Waals surface area contributed by atoms with E-state index in [9.17, 15) is 27.9 Å². The van der Waals surface area contributed by atoms with Gasteiger partial charge in [0.2, 0.25) is 0 Å². The summed E-state index contributed by atoms with van der Waals surface area (Å²) < 4.78 is 40.9. The monoisotopic (exact) mass is 346 g/mol. The molecule has 1 fully saturated rings. The minimum atomic E-state index is -4.70. The maximum atomic E-state index is 12.8. The molecule has 0 aromatic carbocycles. The van der Waals surface area contributed by atoms with Gasteiger partial charge in [0.1, 0.15) is 0 Å². The van der Waals surface area contributed by atoms with Gasteiger partial charge < -0.3 is 9.67 Å². The van der Waals surface area contributed by atoms with Gasteiger partial charge in [0.15, 0.2) is 16.8 Å². The lowest BCUT2D eigenvalue weighted by Gasteiger charge is -2.44. The summed E-state index contributed by atoms with van der Waals surface area (Å²) in [7, 11) is 1.61. The topological polar surface area (TPSA) is 92.9 Å². The van der Waals surface area contributed by atoms with E-state index in [1.807, 2.05) is 0 Å². The van der Waals surface area contributed by atoms with Crippen LogP contribution in [0.3, 0.4) is 0 Å². The van der Waals surface area contributed by atoms with Gasteiger partial charge in [0.05, 0.1) is 6.33 Å². The molecule has 132 valence electrons.